The lowest BCUT2D eigenvalue weighted by Crippen LogP contribution is -2.16. The van der Waals surface area contributed by atoms with E-state index in [0.29, 0.717) is 36.1 Å². The molecule has 0 saturated heterocycles. The van der Waals surface area contributed by atoms with Gasteiger partial charge in [-0.2, -0.15) is 5.10 Å². The third-order valence-electron chi connectivity index (χ3n) is 3.10. The van der Waals surface area contributed by atoms with Crippen molar-refractivity contribution in [1.82, 2.24) is 0 Å². The average Bonchev–Trinajstić information content (AvgIpc) is 2.56. The number of hydrazone groups is 1. The van der Waals surface area contributed by atoms with Gasteiger partial charge in [-0.25, -0.2) is 4.39 Å². The Morgan fingerprint density at radius 2 is 1.95 bits per heavy atom. The largest absolute Gasteiger partial charge is 0.493 e. The maximum Gasteiger partial charge on any atom is 0.203 e. The maximum atomic E-state index is 12.8. The number of nitrogens with one attached hydrogen (secondary N) is 1. The van der Waals surface area contributed by atoms with Crippen LogP contribution in [-0.4, -0.2) is 26.5 Å². The summed E-state index contributed by atoms with van der Waals surface area (Å²) in [5.41, 5.74) is 4.33. The minimum atomic E-state index is -0.286. The van der Waals surface area contributed by atoms with E-state index >= 15 is 0 Å². The van der Waals surface area contributed by atoms with Crippen LogP contribution in [0.1, 0.15) is 5.56 Å². The molecule has 0 unspecified atom stereocenters. The SMILES string of the molecule is COc1cc(/C=N\Nc2ccc(F)cc2)cc2c1OCCO2. The molecular formula is C16H15FN2O3. The summed E-state index contributed by atoms with van der Waals surface area (Å²) in [7, 11) is 1.57. The van der Waals surface area contributed by atoms with Gasteiger partial charge in [0.1, 0.15) is 19.0 Å². The highest BCUT2D eigenvalue weighted by molar-refractivity contribution is 5.83. The molecule has 0 spiro atoms. The summed E-state index contributed by atoms with van der Waals surface area (Å²) in [6.45, 7) is 1.01. The summed E-state index contributed by atoms with van der Waals surface area (Å²) in [6.07, 6.45) is 1.63. The first-order chi connectivity index (χ1) is 10.8. The molecule has 1 aliphatic rings. The molecule has 0 saturated carbocycles. The van der Waals surface area contributed by atoms with E-state index in [4.69, 9.17) is 14.2 Å². The van der Waals surface area contributed by atoms with Gasteiger partial charge in [-0.3, -0.25) is 5.43 Å². The molecule has 0 aliphatic carbocycles. The molecule has 3 rings (SSSR count). The number of anilines is 1. The lowest BCUT2D eigenvalue weighted by Gasteiger charge is -2.20. The number of hydrogen-bond acceptors (Lipinski definition) is 5. The number of fused-ring (bicyclic) bond motifs is 1. The standard InChI is InChI=1S/C16H15FN2O3/c1-20-14-8-11(9-15-16(14)22-7-6-21-15)10-18-19-13-4-2-12(17)3-5-13/h2-5,8-10,19H,6-7H2,1H3/b18-10-. The maximum absolute atomic E-state index is 12.8. The lowest BCUT2D eigenvalue weighted by molar-refractivity contribution is 0.165. The topological polar surface area (TPSA) is 52.1 Å². The molecule has 0 aromatic heterocycles. The van der Waals surface area contributed by atoms with Crippen LogP contribution in [0.5, 0.6) is 17.2 Å². The van der Waals surface area contributed by atoms with E-state index in [1.54, 1.807) is 25.5 Å². The van der Waals surface area contributed by atoms with Crippen molar-refractivity contribution >= 4 is 11.9 Å². The van der Waals surface area contributed by atoms with Crippen LogP contribution in [0.4, 0.5) is 10.1 Å². The van der Waals surface area contributed by atoms with Crippen molar-refractivity contribution in [3.8, 4) is 17.2 Å². The highest BCUT2D eigenvalue weighted by atomic mass is 19.1. The molecule has 114 valence electrons. The summed E-state index contributed by atoms with van der Waals surface area (Å²) >= 11 is 0. The predicted octanol–water partition coefficient (Wildman–Crippen LogP) is 3.05. The summed E-state index contributed by atoms with van der Waals surface area (Å²) in [4.78, 5) is 0. The van der Waals surface area contributed by atoms with Crippen LogP contribution < -0.4 is 19.6 Å². The van der Waals surface area contributed by atoms with Gasteiger partial charge < -0.3 is 14.2 Å². The molecule has 0 fully saturated rings. The highest BCUT2D eigenvalue weighted by Gasteiger charge is 2.17. The van der Waals surface area contributed by atoms with Crippen molar-refractivity contribution in [3.63, 3.8) is 0 Å². The molecule has 2 aromatic carbocycles. The quantitative estimate of drug-likeness (QED) is 0.696. The Balaban J connectivity index is 1.77. The van der Waals surface area contributed by atoms with Crippen LogP contribution >= 0.6 is 0 Å². The van der Waals surface area contributed by atoms with Crippen LogP contribution in [0.3, 0.4) is 0 Å². The number of hydrogen-bond donors (Lipinski definition) is 1. The van der Waals surface area contributed by atoms with E-state index < -0.39 is 0 Å². The van der Waals surface area contributed by atoms with Gasteiger partial charge in [-0.1, -0.05) is 0 Å². The Morgan fingerprint density at radius 1 is 1.18 bits per heavy atom. The van der Waals surface area contributed by atoms with Crippen LogP contribution in [0.2, 0.25) is 0 Å². The molecule has 22 heavy (non-hydrogen) atoms. The van der Waals surface area contributed by atoms with Crippen LogP contribution in [-0.2, 0) is 0 Å². The van der Waals surface area contributed by atoms with Gasteiger partial charge in [0.25, 0.3) is 0 Å². The van der Waals surface area contributed by atoms with E-state index in [9.17, 15) is 4.39 Å². The van der Waals surface area contributed by atoms with Crippen LogP contribution in [0.25, 0.3) is 0 Å². The van der Waals surface area contributed by atoms with E-state index in [1.807, 2.05) is 12.1 Å². The fourth-order valence-corrected chi connectivity index (χ4v) is 2.07. The normalized spacial score (nSPS) is 13.2. The Labute approximate surface area is 127 Å². The monoisotopic (exact) mass is 302 g/mol. The van der Waals surface area contributed by atoms with Crippen molar-refractivity contribution < 1.29 is 18.6 Å². The molecule has 6 heteroatoms. The Morgan fingerprint density at radius 3 is 2.73 bits per heavy atom. The van der Waals surface area contributed by atoms with Crippen molar-refractivity contribution in [2.45, 2.75) is 0 Å². The van der Waals surface area contributed by atoms with E-state index in [0.717, 1.165) is 5.56 Å². The van der Waals surface area contributed by atoms with Crippen molar-refractivity contribution in [1.29, 1.82) is 0 Å². The molecule has 2 aromatic rings. The second-order valence-corrected chi connectivity index (χ2v) is 4.62. The lowest BCUT2D eigenvalue weighted by atomic mass is 10.2. The van der Waals surface area contributed by atoms with Crippen LogP contribution in [0.15, 0.2) is 41.5 Å². The van der Waals surface area contributed by atoms with Gasteiger partial charge in [0, 0.05) is 5.56 Å². The second kappa shape index (κ2) is 6.34. The van der Waals surface area contributed by atoms with Crippen molar-refractivity contribution in [2.75, 3.05) is 25.7 Å². The molecule has 0 radical (unpaired) electrons. The minimum absolute atomic E-state index is 0.286. The molecule has 5 nitrogen and oxygen atoms in total. The summed E-state index contributed by atoms with van der Waals surface area (Å²) < 4.78 is 29.2. The number of halogens is 1. The zero-order valence-corrected chi connectivity index (χ0v) is 12.0. The molecule has 0 amide bonds. The fourth-order valence-electron chi connectivity index (χ4n) is 2.07. The molecule has 1 aliphatic heterocycles. The zero-order valence-electron chi connectivity index (χ0n) is 12.0. The van der Waals surface area contributed by atoms with Gasteiger partial charge in [-0.05, 0) is 36.4 Å². The average molecular weight is 302 g/mol. The molecule has 1 N–H and O–H groups in total. The van der Waals surface area contributed by atoms with E-state index in [2.05, 4.69) is 10.5 Å². The molecule has 0 bridgehead atoms. The minimum Gasteiger partial charge on any atom is -0.493 e. The number of methoxy groups -OCH3 is 1. The zero-order chi connectivity index (χ0) is 15.4. The first-order valence-corrected chi connectivity index (χ1v) is 6.78. The Kier molecular flexibility index (Phi) is 4.09. The molecule has 1 heterocycles. The van der Waals surface area contributed by atoms with Crippen molar-refractivity contribution in [3.05, 3.63) is 47.8 Å². The number of benzene rings is 2. The second-order valence-electron chi connectivity index (χ2n) is 4.62. The number of ether oxygens (including phenoxy) is 3. The summed E-state index contributed by atoms with van der Waals surface area (Å²) in [6, 6.07) is 9.58. The third-order valence-corrected chi connectivity index (χ3v) is 3.10. The highest BCUT2D eigenvalue weighted by Crippen LogP contribution is 2.39. The fraction of sp³-hybridized carbons (Fsp3) is 0.188. The van der Waals surface area contributed by atoms with Gasteiger partial charge in [0.15, 0.2) is 11.5 Å². The number of rotatable bonds is 4. The summed E-state index contributed by atoms with van der Waals surface area (Å²) in [5, 5.41) is 4.12. The van der Waals surface area contributed by atoms with Gasteiger partial charge in [0.2, 0.25) is 5.75 Å². The first kappa shape index (κ1) is 14.2. The molecular weight excluding hydrogens is 287 g/mol. The Hall–Kier alpha value is -2.76. The predicted molar refractivity (Wildman–Crippen MR) is 81.6 cm³/mol. The smallest absolute Gasteiger partial charge is 0.203 e. The number of nitrogens with zero attached hydrogens (tertiary/aromatic N) is 1. The van der Waals surface area contributed by atoms with Gasteiger partial charge in [0.05, 0.1) is 19.0 Å². The van der Waals surface area contributed by atoms with Crippen LogP contribution in [0, 0.1) is 5.82 Å². The van der Waals surface area contributed by atoms with E-state index in [1.165, 1.54) is 12.1 Å². The van der Waals surface area contributed by atoms with E-state index in [-0.39, 0.29) is 5.82 Å². The third kappa shape index (κ3) is 3.11. The van der Waals surface area contributed by atoms with Gasteiger partial charge in [-0.15, -0.1) is 0 Å². The van der Waals surface area contributed by atoms with Gasteiger partial charge >= 0.3 is 0 Å². The van der Waals surface area contributed by atoms with Crippen molar-refractivity contribution in [2.24, 2.45) is 5.10 Å². The summed E-state index contributed by atoms with van der Waals surface area (Å²) in [5.74, 6) is 1.55. The first-order valence-electron chi connectivity index (χ1n) is 6.78. The Bertz CT molecular complexity index is 669. The molecule has 0 atom stereocenters.